The molecule has 0 heterocycles. The number of hydrogen-bond donors (Lipinski definition) is 3. The second kappa shape index (κ2) is 3.99. The summed E-state index contributed by atoms with van der Waals surface area (Å²) < 4.78 is 0. The summed E-state index contributed by atoms with van der Waals surface area (Å²) in [6.45, 7) is 6.97. The van der Waals surface area contributed by atoms with E-state index in [1.54, 1.807) is 0 Å². The maximum atomic E-state index is 11.2. The molecular weight excluding hydrogens is 288 g/mol. The Morgan fingerprint density at radius 3 is 2.26 bits per heavy atom. The van der Waals surface area contributed by atoms with Gasteiger partial charge >= 0.3 is 0 Å². The lowest BCUT2D eigenvalue weighted by Gasteiger charge is -2.67. The summed E-state index contributed by atoms with van der Waals surface area (Å²) in [6.07, 6.45) is 5.62. The molecule has 0 aromatic rings. The SMILES string of the molecule is CC1(CO)C[C@@H](O)C[C@@]2(C)C1[C@H](O)C[C@@]13CC4[C@@H](CC12)[C@@]4(C)C3. The van der Waals surface area contributed by atoms with Gasteiger partial charge in [-0.15, -0.1) is 0 Å². The summed E-state index contributed by atoms with van der Waals surface area (Å²) in [5.74, 6) is 2.55. The van der Waals surface area contributed by atoms with Gasteiger partial charge in [0, 0.05) is 6.61 Å². The molecule has 1 spiro atoms. The molecule has 0 amide bonds. The minimum absolute atomic E-state index is 0.0261. The zero-order chi connectivity index (χ0) is 16.4. The molecule has 0 aromatic heterocycles. The number of hydrogen-bond acceptors (Lipinski definition) is 3. The Balaban J connectivity index is 1.60. The Bertz CT molecular complexity index is 563. The van der Waals surface area contributed by atoms with Gasteiger partial charge in [-0.3, -0.25) is 0 Å². The van der Waals surface area contributed by atoms with Crippen molar-refractivity contribution in [1.29, 1.82) is 0 Å². The van der Waals surface area contributed by atoms with Gasteiger partial charge in [-0.05, 0) is 83.9 Å². The van der Waals surface area contributed by atoms with Crippen LogP contribution in [0, 0.1) is 45.3 Å². The molecule has 6 aliphatic rings. The zero-order valence-electron chi connectivity index (χ0n) is 14.8. The van der Waals surface area contributed by atoms with Crippen LogP contribution in [0.5, 0.6) is 0 Å². The molecular formula is C20H32O3. The van der Waals surface area contributed by atoms with Crippen LogP contribution in [0.4, 0.5) is 0 Å². The van der Waals surface area contributed by atoms with Gasteiger partial charge in [-0.2, -0.15) is 0 Å². The van der Waals surface area contributed by atoms with Crippen molar-refractivity contribution in [3.05, 3.63) is 0 Å². The third kappa shape index (κ3) is 1.54. The van der Waals surface area contributed by atoms with E-state index in [4.69, 9.17) is 0 Å². The third-order valence-corrected chi connectivity index (χ3v) is 9.66. The van der Waals surface area contributed by atoms with E-state index in [0.29, 0.717) is 23.2 Å². The second-order valence-corrected chi connectivity index (χ2v) is 10.9. The van der Waals surface area contributed by atoms with Crippen molar-refractivity contribution in [2.45, 2.75) is 71.5 Å². The van der Waals surface area contributed by atoms with Crippen LogP contribution < -0.4 is 0 Å². The fourth-order valence-corrected chi connectivity index (χ4v) is 9.27. The lowest BCUT2D eigenvalue weighted by Crippen LogP contribution is -2.65. The van der Waals surface area contributed by atoms with Gasteiger partial charge in [-0.1, -0.05) is 20.8 Å². The lowest BCUT2D eigenvalue weighted by atomic mass is 9.38. The number of aliphatic hydroxyl groups excluding tert-OH is 3. The highest BCUT2D eigenvalue weighted by Gasteiger charge is 2.79. The van der Waals surface area contributed by atoms with Crippen LogP contribution >= 0.6 is 0 Å². The fourth-order valence-electron chi connectivity index (χ4n) is 9.27. The Morgan fingerprint density at radius 2 is 1.65 bits per heavy atom. The highest BCUT2D eigenvalue weighted by Crippen LogP contribution is 2.85. The number of rotatable bonds is 1. The van der Waals surface area contributed by atoms with Crippen LogP contribution in [0.1, 0.15) is 59.3 Å². The van der Waals surface area contributed by atoms with Gasteiger partial charge in [0.1, 0.15) is 0 Å². The maximum Gasteiger partial charge on any atom is 0.0585 e. The Kier molecular flexibility index (Phi) is 2.63. The predicted octanol–water partition coefficient (Wildman–Crippen LogP) is 2.58. The van der Waals surface area contributed by atoms with Crippen molar-refractivity contribution >= 4 is 0 Å². The van der Waals surface area contributed by atoms with E-state index < -0.39 is 0 Å². The molecule has 6 fully saturated rings. The average molecular weight is 320 g/mol. The van der Waals surface area contributed by atoms with Crippen LogP contribution in [0.25, 0.3) is 0 Å². The van der Waals surface area contributed by atoms with Gasteiger partial charge in [-0.25, -0.2) is 0 Å². The Hall–Kier alpha value is -0.120. The number of fused-ring (bicyclic) bond motifs is 1. The van der Waals surface area contributed by atoms with Gasteiger partial charge in [0.2, 0.25) is 0 Å². The predicted molar refractivity (Wildman–Crippen MR) is 87.5 cm³/mol. The smallest absolute Gasteiger partial charge is 0.0585 e. The summed E-state index contributed by atoms with van der Waals surface area (Å²) >= 11 is 0. The molecule has 0 saturated heterocycles. The normalized spacial score (nSPS) is 69.1. The van der Waals surface area contributed by atoms with Gasteiger partial charge < -0.3 is 15.3 Å². The minimum atomic E-state index is -0.346. The van der Waals surface area contributed by atoms with Gasteiger partial charge in [0.05, 0.1) is 12.2 Å². The molecule has 3 nitrogen and oxygen atoms in total. The summed E-state index contributed by atoms with van der Waals surface area (Å²) in [6, 6.07) is 0. The quantitative estimate of drug-likeness (QED) is 0.696. The molecule has 10 atom stereocenters. The van der Waals surface area contributed by atoms with E-state index in [1.165, 1.54) is 19.3 Å². The van der Waals surface area contributed by atoms with E-state index in [9.17, 15) is 15.3 Å². The molecule has 6 aliphatic carbocycles. The highest BCUT2D eigenvalue weighted by atomic mass is 16.3. The van der Waals surface area contributed by atoms with Crippen molar-refractivity contribution < 1.29 is 15.3 Å². The van der Waals surface area contributed by atoms with Crippen molar-refractivity contribution in [3.63, 3.8) is 0 Å². The van der Waals surface area contributed by atoms with Crippen LogP contribution in [0.15, 0.2) is 0 Å². The molecule has 3 N–H and O–H groups in total. The zero-order valence-corrected chi connectivity index (χ0v) is 14.8. The van der Waals surface area contributed by atoms with Crippen molar-refractivity contribution in [2.24, 2.45) is 45.3 Å². The van der Waals surface area contributed by atoms with Gasteiger partial charge in [0.15, 0.2) is 0 Å². The topological polar surface area (TPSA) is 60.7 Å². The summed E-state index contributed by atoms with van der Waals surface area (Å²) in [5, 5.41) is 31.9. The van der Waals surface area contributed by atoms with Crippen LogP contribution in [0.2, 0.25) is 0 Å². The van der Waals surface area contributed by atoms with Crippen molar-refractivity contribution in [1.82, 2.24) is 0 Å². The lowest BCUT2D eigenvalue weighted by molar-refractivity contribution is -0.235. The minimum Gasteiger partial charge on any atom is -0.396 e. The molecule has 6 saturated carbocycles. The summed E-state index contributed by atoms with van der Waals surface area (Å²) in [4.78, 5) is 0. The van der Waals surface area contributed by atoms with Gasteiger partial charge in [0.25, 0.3) is 0 Å². The summed E-state index contributed by atoms with van der Waals surface area (Å²) in [5.41, 5.74) is 0.502. The average Bonchev–Trinajstić information content (AvgIpc) is 2.88. The molecule has 23 heavy (non-hydrogen) atoms. The Morgan fingerprint density at radius 1 is 0.913 bits per heavy atom. The first-order chi connectivity index (χ1) is 10.7. The first kappa shape index (κ1) is 15.2. The Labute approximate surface area is 139 Å². The molecule has 130 valence electrons. The fraction of sp³-hybridized carbons (Fsp3) is 1.00. The third-order valence-electron chi connectivity index (χ3n) is 9.66. The maximum absolute atomic E-state index is 11.2. The summed E-state index contributed by atoms with van der Waals surface area (Å²) in [7, 11) is 0. The monoisotopic (exact) mass is 320 g/mol. The first-order valence-electron chi connectivity index (χ1n) is 9.66. The molecule has 6 rings (SSSR count). The second-order valence-electron chi connectivity index (χ2n) is 10.9. The number of aliphatic hydroxyl groups is 3. The molecule has 4 unspecified atom stereocenters. The van der Waals surface area contributed by atoms with Crippen LogP contribution in [-0.2, 0) is 0 Å². The molecule has 4 bridgehead atoms. The molecule has 0 radical (unpaired) electrons. The van der Waals surface area contributed by atoms with E-state index in [-0.39, 0.29) is 35.6 Å². The highest BCUT2D eigenvalue weighted by molar-refractivity contribution is 5.28. The van der Waals surface area contributed by atoms with E-state index in [0.717, 1.165) is 24.7 Å². The molecule has 3 heteroatoms. The van der Waals surface area contributed by atoms with E-state index in [1.807, 2.05) is 0 Å². The first-order valence-corrected chi connectivity index (χ1v) is 9.66. The van der Waals surface area contributed by atoms with Crippen molar-refractivity contribution in [3.8, 4) is 0 Å². The largest absolute Gasteiger partial charge is 0.396 e. The standard InChI is InChI=1S/C20H32O3/c1-17(10-21)5-11(22)6-18(2)15-4-12-13-7-20(15,9-19(12,13)3)8-14(23)16(17)18/h11-16,21-23H,4-10H2,1-3H3/t11-,12-,13?,14-,15?,16?,17?,18-,19-,20-/m1/s1. The van der Waals surface area contributed by atoms with Crippen LogP contribution in [-0.4, -0.2) is 34.1 Å². The van der Waals surface area contributed by atoms with Crippen LogP contribution in [0.3, 0.4) is 0 Å². The van der Waals surface area contributed by atoms with Crippen molar-refractivity contribution in [2.75, 3.05) is 6.61 Å². The van der Waals surface area contributed by atoms with E-state index >= 15 is 0 Å². The molecule has 0 aliphatic heterocycles. The molecule has 0 aromatic carbocycles. The van der Waals surface area contributed by atoms with E-state index in [2.05, 4.69) is 20.8 Å².